The number of amides is 1. The van der Waals surface area contributed by atoms with Gasteiger partial charge in [-0.15, -0.1) is 0 Å². The van der Waals surface area contributed by atoms with E-state index in [1.165, 1.54) is 0 Å². The van der Waals surface area contributed by atoms with Gasteiger partial charge in [-0.25, -0.2) is 0 Å². The van der Waals surface area contributed by atoms with E-state index in [0.29, 0.717) is 23.5 Å². The highest BCUT2D eigenvalue weighted by Crippen LogP contribution is 2.32. The number of hydrogen-bond donors (Lipinski definition) is 3. The third-order valence-corrected chi connectivity index (χ3v) is 3.23. The molecule has 108 valence electrons. The monoisotopic (exact) mass is 285 g/mol. The topological polar surface area (TPSA) is 99.6 Å². The molecular formula is C15H15N3O3. The Balaban J connectivity index is 1.77. The molecule has 2 aromatic carbocycles. The fraction of sp³-hybridized carbons (Fsp3) is 0.133. The van der Waals surface area contributed by atoms with E-state index in [4.69, 9.17) is 20.9 Å². The van der Waals surface area contributed by atoms with Crippen LogP contribution in [-0.2, 0) is 6.54 Å². The van der Waals surface area contributed by atoms with Crippen LogP contribution < -0.4 is 26.3 Å². The molecule has 0 radical (unpaired) electrons. The molecule has 0 unspecified atom stereocenters. The normalized spacial score (nSPS) is 12.2. The SMILES string of the molecule is NC(=O)c1cc(N)ccc1NCc1ccc2c(c1)OCO2. The first-order valence-corrected chi connectivity index (χ1v) is 6.45. The first-order chi connectivity index (χ1) is 10.1. The molecule has 6 nitrogen and oxygen atoms in total. The van der Waals surface area contributed by atoms with Gasteiger partial charge in [0.05, 0.1) is 5.56 Å². The third-order valence-electron chi connectivity index (χ3n) is 3.23. The second kappa shape index (κ2) is 5.24. The number of carbonyl (C=O) groups is 1. The molecule has 2 aromatic rings. The summed E-state index contributed by atoms with van der Waals surface area (Å²) in [5, 5.41) is 3.18. The minimum atomic E-state index is -0.518. The highest BCUT2D eigenvalue weighted by atomic mass is 16.7. The molecule has 0 saturated heterocycles. The van der Waals surface area contributed by atoms with Crippen LogP contribution in [0.4, 0.5) is 11.4 Å². The van der Waals surface area contributed by atoms with Crippen molar-refractivity contribution in [1.29, 1.82) is 0 Å². The summed E-state index contributed by atoms with van der Waals surface area (Å²) in [6.45, 7) is 0.775. The van der Waals surface area contributed by atoms with Gasteiger partial charge in [0.2, 0.25) is 6.79 Å². The van der Waals surface area contributed by atoms with Crippen molar-refractivity contribution in [2.45, 2.75) is 6.54 Å². The Kier molecular flexibility index (Phi) is 3.27. The van der Waals surface area contributed by atoms with E-state index in [9.17, 15) is 4.79 Å². The van der Waals surface area contributed by atoms with E-state index in [1.54, 1.807) is 18.2 Å². The number of nitrogen functional groups attached to an aromatic ring is 1. The van der Waals surface area contributed by atoms with Crippen molar-refractivity contribution < 1.29 is 14.3 Å². The van der Waals surface area contributed by atoms with Crippen molar-refractivity contribution in [2.24, 2.45) is 5.73 Å². The van der Waals surface area contributed by atoms with Crippen LogP contribution in [-0.4, -0.2) is 12.7 Å². The zero-order chi connectivity index (χ0) is 14.8. The maximum atomic E-state index is 11.4. The molecule has 0 aliphatic carbocycles. The van der Waals surface area contributed by atoms with Crippen LogP contribution in [0.1, 0.15) is 15.9 Å². The Morgan fingerprint density at radius 2 is 1.95 bits per heavy atom. The highest BCUT2D eigenvalue weighted by molar-refractivity contribution is 5.99. The Morgan fingerprint density at radius 1 is 1.14 bits per heavy atom. The van der Waals surface area contributed by atoms with Gasteiger partial charge in [-0.1, -0.05) is 6.07 Å². The van der Waals surface area contributed by atoms with Crippen LogP contribution in [0.25, 0.3) is 0 Å². The number of anilines is 2. The molecule has 1 aliphatic heterocycles. The minimum absolute atomic E-state index is 0.246. The molecule has 0 fully saturated rings. The largest absolute Gasteiger partial charge is 0.454 e. The van der Waals surface area contributed by atoms with Crippen LogP contribution in [0.2, 0.25) is 0 Å². The number of nitrogens with two attached hydrogens (primary N) is 2. The van der Waals surface area contributed by atoms with Gasteiger partial charge in [0, 0.05) is 17.9 Å². The second-order valence-electron chi connectivity index (χ2n) is 4.71. The number of nitrogens with one attached hydrogen (secondary N) is 1. The molecule has 0 bridgehead atoms. The Bertz CT molecular complexity index is 701. The number of carbonyl (C=O) groups excluding carboxylic acids is 1. The lowest BCUT2D eigenvalue weighted by Gasteiger charge is -2.11. The summed E-state index contributed by atoms with van der Waals surface area (Å²) in [7, 11) is 0. The summed E-state index contributed by atoms with van der Waals surface area (Å²) >= 11 is 0. The molecule has 6 heteroatoms. The van der Waals surface area contributed by atoms with Crippen molar-refractivity contribution in [2.75, 3.05) is 17.8 Å². The van der Waals surface area contributed by atoms with E-state index in [2.05, 4.69) is 5.32 Å². The first-order valence-electron chi connectivity index (χ1n) is 6.45. The standard InChI is InChI=1S/C15H15N3O3/c16-10-2-3-12(11(6-10)15(17)19)18-7-9-1-4-13-14(5-9)21-8-20-13/h1-6,18H,7-8,16H2,(H2,17,19). The lowest BCUT2D eigenvalue weighted by Crippen LogP contribution is -2.14. The number of fused-ring (bicyclic) bond motifs is 1. The fourth-order valence-corrected chi connectivity index (χ4v) is 2.17. The van der Waals surface area contributed by atoms with Crippen LogP contribution in [0, 0.1) is 0 Å². The zero-order valence-corrected chi connectivity index (χ0v) is 11.3. The molecule has 3 rings (SSSR count). The summed E-state index contributed by atoms with van der Waals surface area (Å²) in [6, 6.07) is 10.7. The molecule has 0 atom stereocenters. The number of ether oxygens (including phenoxy) is 2. The van der Waals surface area contributed by atoms with Crippen molar-refractivity contribution in [3.05, 3.63) is 47.5 Å². The van der Waals surface area contributed by atoms with Crippen molar-refractivity contribution in [1.82, 2.24) is 0 Å². The first kappa shape index (κ1) is 13.1. The third kappa shape index (κ3) is 2.69. The molecule has 1 amide bonds. The predicted octanol–water partition coefficient (Wildman–Crippen LogP) is 1.71. The van der Waals surface area contributed by atoms with Crippen molar-refractivity contribution in [3.63, 3.8) is 0 Å². The molecule has 5 N–H and O–H groups in total. The summed E-state index contributed by atoms with van der Waals surface area (Å²) in [4.78, 5) is 11.4. The Hall–Kier alpha value is -2.89. The van der Waals surface area contributed by atoms with E-state index in [0.717, 1.165) is 17.1 Å². The van der Waals surface area contributed by atoms with Gasteiger partial charge in [0.1, 0.15) is 0 Å². The lowest BCUT2D eigenvalue weighted by molar-refractivity contribution is 0.100. The molecular weight excluding hydrogens is 270 g/mol. The van der Waals surface area contributed by atoms with Gasteiger partial charge >= 0.3 is 0 Å². The molecule has 0 saturated carbocycles. The van der Waals surface area contributed by atoms with Crippen LogP contribution >= 0.6 is 0 Å². The summed E-state index contributed by atoms with van der Waals surface area (Å²) in [5.74, 6) is 0.946. The van der Waals surface area contributed by atoms with Crippen LogP contribution in [0.5, 0.6) is 11.5 Å². The lowest BCUT2D eigenvalue weighted by atomic mass is 10.1. The van der Waals surface area contributed by atoms with Gasteiger partial charge in [-0.3, -0.25) is 4.79 Å². The number of benzene rings is 2. The van der Waals surface area contributed by atoms with Gasteiger partial charge in [-0.2, -0.15) is 0 Å². The van der Waals surface area contributed by atoms with Gasteiger partial charge in [0.25, 0.3) is 5.91 Å². The maximum absolute atomic E-state index is 11.4. The van der Waals surface area contributed by atoms with Gasteiger partial charge in [-0.05, 0) is 35.9 Å². The number of primary amides is 1. The van der Waals surface area contributed by atoms with E-state index in [1.807, 2.05) is 18.2 Å². The molecule has 0 spiro atoms. The molecule has 1 aliphatic rings. The summed E-state index contributed by atoms with van der Waals surface area (Å²) in [5.41, 5.74) is 13.5. The van der Waals surface area contributed by atoms with Crippen LogP contribution in [0.3, 0.4) is 0 Å². The van der Waals surface area contributed by atoms with E-state index < -0.39 is 5.91 Å². The quantitative estimate of drug-likeness (QED) is 0.743. The minimum Gasteiger partial charge on any atom is -0.454 e. The van der Waals surface area contributed by atoms with Crippen LogP contribution in [0.15, 0.2) is 36.4 Å². The summed E-state index contributed by atoms with van der Waals surface area (Å²) < 4.78 is 10.6. The Morgan fingerprint density at radius 3 is 2.76 bits per heavy atom. The zero-order valence-electron chi connectivity index (χ0n) is 11.3. The number of hydrogen-bond acceptors (Lipinski definition) is 5. The highest BCUT2D eigenvalue weighted by Gasteiger charge is 2.13. The average molecular weight is 285 g/mol. The average Bonchev–Trinajstić information content (AvgIpc) is 2.93. The van der Waals surface area contributed by atoms with Crippen molar-refractivity contribution >= 4 is 17.3 Å². The summed E-state index contributed by atoms with van der Waals surface area (Å²) in [6.07, 6.45) is 0. The molecule has 1 heterocycles. The second-order valence-corrected chi connectivity index (χ2v) is 4.71. The molecule has 0 aromatic heterocycles. The van der Waals surface area contributed by atoms with Crippen molar-refractivity contribution in [3.8, 4) is 11.5 Å². The Labute approximate surface area is 121 Å². The maximum Gasteiger partial charge on any atom is 0.250 e. The van der Waals surface area contributed by atoms with Gasteiger partial charge < -0.3 is 26.3 Å². The van der Waals surface area contributed by atoms with E-state index in [-0.39, 0.29) is 6.79 Å². The van der Waals surface area contributed by atoms with E-state index >= 15 is 0 Å². The fourth-order valence-electron chi connectivity index (χ4n) is 2.17. The predicted molar refractivity (Wildman–Crippen MR) is 79.3 cm³/mol. The number of rotatable bonds is 4. The molecule has 21 heavy (non-hydrogen) atoms. The smallest absolute Gasteiger partial charge is 0.250 e. The van der Waals surface area contributed by atoms with Gasteiger partial charge in [0.15, 0.2) is 11.5 Å².